The summed E-state index contributed by atoms with van der Waals surface area (Å²) in [7, 11) is 1.91. The number of aromatic nitrogens is 5. The second kappa shape index (κ2) is 8.68. The number of benzene rings is 1. The van der Waals surface area contributed by atoms with E-state index in [-0.39, 0.29) is 17.1 Å². The Bertz CT molecular complexity index is 1170. The summed E-state index contributed by atoms with van der Waals surface area (Å²) < 4.78 is 3.69. The number of para-hydroxylation sites is 1. The van der Waals surface area contributed by atoms with Gasteiger partial charge >= 0.3 is 0 Å². The fraction of sp³-hybridized carbons (Fsp3) is 0.273. The van der Waals surface area contributed by atoms with Crippen molar-refractivity contribution in [2.24, 2.45) is 7.05 Å². The van der Waals surface area contributed by atoms with Crippen LogP contribution in [0.1, 0.15) is 26.5 Å². The zero-order chi connectivity index (χ0) is 22.0. The topological polar surface area (TPSA) is 77.6 Å². The second-order valence-corrected chi connectivity index (χ2v) is 9.98. The van der Waals surface area contributed by atoms with E-state index in [1.165, 1.54) is 11.8 Å². The maximum Gasteiger partial charge on any atom is 0.236 e. The van der Waals surface area contributed by atoms with Crippen LogP contribution in [0.2, 0.25) is 0 Å². The molecule has 0 radical (unpaired) electrons. The number of thiophene rings is 1. The van der Waals surface area contributed by atoms with Gasteiger partial charge in [0.15, 0.2) is 11.0 Å². The molecule has 7 nitrogen and oxygen atoms in total. The number of amides is 1. The fourth-order valence-electron chi connectivity index (χ4n) is 2.97. The van der Waals surface area contributed by atoms with Gasteiger partial charge in [-0.1, -0.05) is 56.8 Å². The van der Waals surface area contributed by atoms with Gasteiger partial charge in [0.2, 0.25) is 5.91 Å². The quantitative estimate of drug-likeness (QED) is 0.427. The normalized spacial score (nSPS) is 11.6. The van der Waals surface area contributed by atoms with Crippen LogP contribution in [-0.4, -0.2) is 36.2 Å². The van der Waals surface area contributed by atoms with Gasteiger partial charge in [0.05, 0.1) is 22.0 Å². The number of thioether (sulfide) groups is 1. The molecule has 0 aliphatic heterocycles. The van der Waals surface area contributed by atoms with Crippen molar-refractivity contribution < 1.29 is 4.79 Å². The van der Waals surface area contributed by atoms with Crippen LogP contribution in [0.15, 0.2) is 59.1 Å². The molecule has 160 valence electrons. The number of anilines is 1. The van der Waals surface area contributed by atoms with Gasteiger partial charge in [0.1, 0.15) is 5.82 Å². The van der Waals surface area contributed by atoms with Gasteiger partial charge in [-0.25, -0.2) is 4.68 Å². The van der Waals surface area contributed by atoms with Crippen LogP contribution in [0, 0.1) is 0 Å². The van der Waals surface area contributed by atoms with Crippen molar-refractivity contribution in [3.63, 3.8) is 0 Å². The van der Waals surface area contributed by atoms with E-state index in [9.17, 15) is 4.79 Å². The van der Waals surface area contributed by atoms with Gasteiger partial charge in [0.25, 0.3) is 0 Å². The number of nitrogens with zero attached hydrogens (tertiary/aromatic N) is 5. The number of rotatable bonds is 6. The molecule has 9 heteroatoms. The molecule has 1 amide bonds. The van der Waals surface area contributed by atoms with Crippen LogP contribution in [0.3, 0.4) is 0 Å². The summed E-state index contributed by atoms with van der Waals surface area (Å²) in [6, 6.07) is 15.7. The standard InChI is InChI=1S/C22H24N6OS2/c1-22(2,3)17-13-18(28(26-17)15-9-6-5-7-10-15)23-19(29)14-31-21-25-24-20(27(21)4)16-11-8-12-30-16/h5-13H,14H2,1-4H3,(H,23,29). The second-order valence-electron chi connectivity index (χ2n) is 8.09. The smallest absolute Gasteiger partial charge is 0.236 e. The maximum atomic E-state index is 12.7. The molecule has 0 atom stereocenters. The highest BCUT2D eigenvalue weighted by Crippen LogP contribution is 2.28. The largest absolute Gasteiger partial charge is 0.310 e. The molecule has 0 fully saturated rings. The van der Waals surface area contributed by atoms with Crippen LogP contribution in [0.25, 0.3) is 16.4 Å². The lowest BCUT2D eigenvalue weighted by Crippen LogP contribution is -2.17. The third-order valence-electron chi connectivity index (χ3n) is 4.65. The highest BCUT2D eigenvalue weighted by atomic mass is 32.2. The summed E-state index contributed by atoms with van der Waals surface area (Å²) in [5.74, 6) is 1.55. The Morgan fingerprint density at radius 2 is 1.90 bits per heavy atom. The van der Waals surface area contributed by atoms with Crippen molar-refractivity contribution in [3.8, 4) is 16.4 Å². The minimum absolute atomic E-state index is 0.122. The minimum Gasteiger partial charge on any atom is -0.310 e. The Hall–Kier alpha value is -2.91. The predicted molar refractivity (Wildman–Crippen MR) is 126 cm³/mol. The number of carbonyl (C=O) groups excluding carboxylic acids is 1. The number of hydrogen-bond acceptors (Lipinski definition) is 6. The summed E-state index contributed by atoms with van der Waals surface area (Å²) in [4.78, 5) is 13.8. The molecule has 0 saturated carbocycles. The lowest BCUT2D eigenvalue weighted by molar-refractivity contribution is -0.113. The Morgan fingerprint density at radius 3 is 2.58 bits per heavy atom. The van der Waals surface area contributed by atoms with Gasteiger partial charge in [-0.05, 0) is 23.6 Å². The Morgan fingerprint density at radius 1 is 1.13 bits per heavy atom. The van der Waals surface area contributed by atoms with E-state index in [4.69, 9.17) is 5.10 Å². The molecule has 3 aromatic heterocycles. The lowest BCUT2D eigenvalue weighted by Gasteiger charge is -2.14. The molecular formula is C22H24N6OS2. The molecule has 3 heterocycles. The van der Waals surface area contributed by atoms with Gasteiger partial charge in [0, 0.05) is 18.5 Å². The third kappa shape index (κ3) is 4.72. The molecule has 4 aromatic rings. The minimum atomic E-state index is -0.134. The monoisotopic (exact) mass is 452 g/mol. The molecule has 0 unspecified atom stereocenters. The average Bonchev–Trinajstić information content (AvgIpc) is 3.47. The first-order valence-corrected chi connectivity index (χ1v) is 11.7. The van der Waals surface area contributed by atoms with Crippen LogP contribution >= 0.6 is 23.1 Å². The number of nitrogens with one attached hydrogen (secondary N) is 1. The predicted octanol–water partition coefficient (Wildman–Crippen LogP) is 4.76. The highest BCUT2D eigenvalue weighted by molar-refractivity contribution is 7.99. The Labute approximate surface area is 189 Å². The first-order valence-electron chi connectivity index (χ1n) is 9.85. The van der Waals surface area contributed by atoms with E-state index in [0.717, 1.165) is 22.1 Å². The van der Waals surface area contributed by atoms with Crippen molar-refractivity contribution in [1.29, 1.82) is 0 Å². The molecular weight excluding hydrogens is 428 g/mol. The molecule has 1 N–H and O–H groups in total. The summed E-state index contributed by atoms with van der Waals surface area (Å²) in [5.41, 5.74) is 1.67. The summed E-state index contributed by atoms with van der Waals surface area (Å²) in [6.07, 6.45) is 0. The Kier molecular flexibility index (Phi) is 5.97. The molecule has 0 spiro atoms. The highest BCUT2D eigenvalue weighted by Gasteiger charge is 2.22. The van der Waals surface area contributed by atoms with Crippen molar-refractivity contribution in [3.05, 3.63) is 59.6 Å². The van der Waals surface area contributed by atoms with Crippen molar-refractivity contribution in [2.75, 3.05) is 11.1 Å². The summed E-state index contributed by atoms with van der Waals surface area (Å²) in [6.45, 7) is 6.31. The first-order chi connectivity index (χ1) is 14.8. The summed E-state index contributed by atoms with van der Waals surface area (Å²) in [5, 5.41) is 19.0. The average molecular weight is 453 g/mol. The molecule has 31 heavy (non-hydrogen) atoms. The number of carbonyl (C=O) groups is 1. The van der Waals surface area contributed by atoms with E-state index in [1.54, 1.807) is 16.0 Å². The Balaban J connectivity index is 1.49. The van der Waals surface area contributed by atoms with Gasteiger partial charge in [-0.3, -0.25) is 4.79 Å². The molecule has 0 aliphatic carbocycles. The van der Waals surface area contributed by atoms with Gasteiger partial charge in [-0.2, -0.15) is 5.10 Å². The van der Waals surface area contributed by atoms with Crippen LogP contribution in [0.4, 0.5) is 5.82 Å². The molecule has 0 aliphatic rings. The maximum absolute atomic E-state index is 12.7. The van der Waals surface area contributed by atoms with Crippen LogP contribution in [-0.2, 0) is 17.3 Å². The van der Waals surface area contributed by atoms with E-state index in [2.05, 4.69) is 36.3 Å². The third-order valence-corrected chi connectivity index (χ3v) is 6.54. The van der Waals surface area contributed by atoms with Crippen LogP contribution < -0.4 is 5.32 Å². The van der Waals surface area contributed by atoms with Crippen molar-refractivity contribution >= 4 is 34.8 Å². The molecule has 1 aromatic carbocycles. The number of hydrogen-bond donors (Lipinski definition) is 1. The first kappa shape index (κ1) is 21.3. The van der Waals surface area contributed by atoms with Crippen molar-refractivity contribution in [2.45, 2.75) is 31.3 Å². The van der Waals surface area contributed by atoms with E-state index >= 15 is 0 Å². The lowest BCUT2D eigenvalue weighted by atomic mass is 9.92. The molecule has 0 bridgehead atoms. The zero-order valence-corrected chi connectivity index (χ0v) is 19.5. The van der Waals surface area contributed by atoms with Crippen molar-refractivity contribution in [1.82, 2.24) is 24.5 Å². The zero-order valence-electron chi connectivity index (χ0n) is 17.9. The van der Waals surface area contributed by atoms with E-state index in [0.29, 0.717) is 11.0 Å². The summed E-state index contributed by atoms with van der Waals surface area (Å²) >= 11 is 2.97. The van der Waals surface area contributed by atoms with E-state index in [1.807, 2.05) is 65.5 Å². The molecule has 0 saturated heterocycles. The molecule has 4 rings (SSSR count). The van der Waals surface area contributed by atoms with Gasteiger partial charge in [-0.15, -0.1) is 21.5 Å². The fourth-order valence-corrected chi connectivity index (χ4v) is 4.43. The SMILES string of the molecule is Cn1c(SCC(=O)Nc2cc(C(C)(C)C)nn2-c2ccccc2)nnc1-c1cccs1. The van der Waals surface area contributed by atoms with Crippen LogP contribution in [0.5, 0.6) is 0 Å². The van der Waals surface area contributed by atoms with E-state index < -0.39 is 0 Å². The van der Waals surface area contributed by atoms with Gasteiger partial charge < -0.3 is 9.88 Å².